The molecule has 1 heterocycles. The Labute approximate surface area is 185 Å². The normalized spacial score (nSPS) is 15.9. The maximum atomic E-state index is 12.9. The average Bonchev–Trinajstić information content (AvgIpc) is 3.04. The zero-order valence-corrected chi connectivity index (χ0v) is 18.9. The molecule has 1 aliphatic rings. The quantitative estimate of drug-likeness (QED) is 0.586. The number of carbonyl (C=O) groups is 1. The summed E-state index contributed by atoms with van der Waals surface area (Å²) in [7, 11) is 0. The standard InChI is InChI=1S/C23H26F2N2O3S/c1-5-29-18-10-13(6-9-17(18)30-22(24)25)20(28)27-21-16(12-26)15-8-7-14(23(2,3)4)11-19(15)31-21/h6,9-10,14,22H,5,7-8,11H2,1-4H3,(H,27,28). The van der Waals surface area contributed by atoms with E-state index >= 15 is 0 Å². The van der Waals surface area contributed by atoms with Crippen molar-refractivity contribution in [2.24, 2.45) is 11.3 Å². The lowest BCUT2D eigenvalue weighted by Gasteiger charge is -2.33. The van der Waals surface area contributed by atoms with Crippen LogP contribution in [0.3, 0.4) is 0 Å². The lowest BCUT2D eigenvalue weighted by molar-refractivity contribution is -0.0514. The topological polar surface area (TPSA) is 71.3 Å². The number of alkyl halides is 2. The Morgan fingerprint density at radius 1 is 1.35 bits per heavy atom. The van der Waals surface area contributed by atoms with Gasteiger partial charge in [-0.3, -0.25) is 4.79 Å². The summed E-state index contributed by atoms with van der Waals surface area (Å²) in [4.78, 5) is 14.0. The predicted octanol–water partition coefficient (Wildman–Crippen LogP) is 6.02. The molecule has 1 amide bonds. The first-order valence-electron chi connectivity index (χ1n) is 10.2. The summed E-state index contributed by atoms with van der Waals surface area (Å²) in [6.45, 7) is 5.62. The van der Waals surface area contributed by atoms with Crippen LogP contribution in [0.15, 0.2) is 18.2 Å². The van der Waals surface area contributed by atoms with Crippen LogP contribution in [-0.4, -0.2) is 19.1 Å². The van der Waals surface area contributed by atoms with Crippen LogP contribution in [0.5, 0.6) is 11.5 Å². The van der Waals surface area contributed by atoms with Crippen LogP contribution in [0.25, 0.3) is 0 Å². The molecule has 3 rings (SSSR count). The highest BCUT2D eigenvalue weighted by molar-refractivity contribution is 7.16. The van der Waals surface area contributed by atoms with E-state index in [1.807, 2.05) is 0 Å². The number of halogens is 2. The number of nitrogens with one attached hydrogen (secondary N) is 1. The second-order valence-corrected chi connectivity index (χ2v) is 9.66. The van der Waals surface area contributed by atoms with Crippen LogP contribution in [-0.2, 0) is 12.8 Å². The number of hydrogen-bond donors (Lipinski definition) is 1. The van der Waals surface area contributed by atoms with Crippen molar-refractivity contribution >= 4 is 22.2 Å². The summed E-state index contributed by atoms with van der Waals surface area (Å²) >= 11 is 1.45. The summed E-state index contributed by atoms with van der Waals surface area (Å²) in [5, 5.41) is 13.1. The first-order chi connectivity index (χ1) is 14.6. The number of nitrogens with zero attached hydrogens (tertiary/aromatic N) is 1. The Morgan fingerprint density at radius 2 is 2.10 bits per heavy atom. The highest BCUT2D eigenvalue weighted by Gasteiger charge is 2.32. The number of ether oxygens (including phenoxy) is 2. The molecule has 31 heavy (non-hydrogen) atoms. The van der Waals surface area contributed by atoms with E-state index in [1.54, 1.807) is 6.92 Å². The van der Waals surface area contributed by atoms with Gasteiger partial charge in [0.1, 0.15) is 11.1 Å². The Hall–Kier alpha value is -2.66. The van der Waals surface area contributed by atoms with Crippen molar-refractivity contribution in [3.05, 3.63) is 39.8 Å². The first kappa shape index (κ1) is 23.0. The van der Waals surface area contributed by atoms with Crippen molar-refractivity contribution in [2.45, 2.75) is 53.6 Å². The van der Waals surface area contributed by atoms with Gasteiger partial charge < -0.3 is 14.8 Å². The van der Waals surface area contributed by atoms with Gasteiger partial charge in [0.05, 0.1) is 12.2 Å². The molecule has 1 aliphatic carbocycles. The molecule has 166 valence electrons. The van der Waals surface area contributed by atoms with Gasteiger partial charge in [0, 0.05) is 10.4 Å². The van der Waals surface area contributed by atoms with Crippen LogP contribution in [0.1, 0.15) is 60.5 Å². The minimum absolute atomic E-state index is 0.0643. The number of fused-ring (bicyclic) bond motifs is 1. The van der Waals surface area contributed by atoms with Gasteiger partial charge in [-0.1, -0.05) is 20.8 Å². The van der Waals surface area contributed by atoms with Crippen molar-refractivity contribution in [2.75, 3.05) is 11.9 Å². The summed E-state index contributed by atoms with van der Waals surface area (Å²) in [5.41, 5.74) is 1.95. The van der Waals surface area contributed by atoms with E-state index in [4.69, 9.17) is 4.74 Å². The van der Waals surface area contributed by atoms with Crippen molar-refractivity contribution in [3.8, 4) is 17.6 Å². The number of thiophene rings is 1. The number of anilines is 1. The number of rotatable bonds is 6. The van der Waals surface area contributed by atoms with Gasteiger partial charge in [-0.25, -0.2) is 0 Å². The van der Waals surface area contributed by atoms with E-state index in [0.29, 0.717) is 16.5 Å². The van der Waals surface area contributed by atoms with Crippen LogP contribution in [0, 0.1) is 22.7 Å². The lowest BCUT2D eigenvalue weighted by atomic mass is 9.72. The first-order valence-corrected chi connectivity index (χ1v) is 11.0. The molecule has 0 bridgehead atoms. The summed E-state index contributed by atoms with van der Waals surface area (Å²) in [5.74, 6) is 0.0114. The predicted molar refractivity (Wildman–Crippen MR) is 116 cm³/mol. The summed E-state index contributed by atoms with van der Waals surface area (Å²) in [6, 6.07) is 6.29. The molecular weight excluding hydrogens is 422 g/mol. The van der Waals surface area contributed by atoms with Crippen LogP contribution in [0.2, 0.25) is 0 Å². The molecule has 0 radical (unpaired) electrons. The SMILES string of the molecule is CCOc1cc(C(=O)Nc2sc3c(c2C#N)CCC(C(C)(C)C)C3)ccc1OC(F)F. The van der Waals surface area contributed by atoms with Crippen LogP contribution in [0.4, 0.5) is 13.8 Å². The molecule has 0 saturated heterocycles. The molecule has 0 fully saturated rings. The largest absolute Gasteiger partial charge is 0.490 e. The number of benzene rings is 1. The highest BCUT2D eigenvalue weighted by atomic mass is 32.1. The van der Waals surface area contributed by atoms with Gasteiger partial charge in [0.15, 0.2) is 11.5 Å². The second-order valence-electron chi connectivity index (χ2n) is 8.55. The maximum absolute atomic E-state index is 12.9. The Morgan fingerprint density at radius 3 is 2.71 bits per heavy atom. The zero-order valence-electron chi connectivity index (χ0n) is 18.1. The maximum Gasteiger partial charge on any atom is 0.387 e. The molecule has 2 aromatic rings. The van der Waals surface area contributed by atoms with E-state index in [1.165, 1.54) is 29.5 Å². The summed E-state index contributed by atoms with van der Waals surface area (Å²) in [6.07, 6.45) is 2.72. The van der Waals surface area contributed by atoms with Gasteiger partial charge >= 0.3 is 6.61 Å². The third-order valence-electron chi connectivity index (χ3n) is 5.55. The third kappa shape index (κ3) is 5.16. The van der Waals surface area contributed by atoms with E-state index in [9.17, 15) is 18.8 Å². The van der Waals surface area contributed by atoms with Gasteiger partial charge in [0.25, 0.3) is 5.91 Å². The second kappa shape index (κ2) is 9.23. The van der Waals surface area contributed by atoms with Gasteiger partial charge in [-0.15, -0.1) is 11.3 Å². The fourth-order valence-electron chi connectivity index (χ4n) is 3.82. The minimum Gasteiger partial charge on any atom is -0.490 e. The van der Waals surface area contributed by atoms with E-state index in [0.717, 1.165) is 29.7 Å². The zero-order chi connectivity index (χ0) is 22.8. The van der Waals surface area contributed by atoms with Gasteiger partial charge in [-0.05, 0) is 61.3 Å². The monoisotopic (exact) mass is 448 g/mol. The van der Waals surface area contributed by atoms with Crippen molar-refractivity contribution < 1.29 is 23.0 Å². The van der Waals surface area contributed by atoms with E-state index in [-0.39, 0.29) is 29.1 Å². The molecule has 0 spiro atoms. The Balaban J connectivity index is 1.85. The smallest absolute Gasteiger partial charge is 0.387 e. The Kier molecular flexibility index (Phi) is 6.85. The average molecular weight is 449 g/mol. The minimum atomic E-state index is -2.99. The van der Waals surface area contributed by atoms with E-state index in [2.05, 4.69) is 36.9 Å². The number of carbonyl (C=O) groups excluding carboxylic acids is 1. The number of amides is 1. The molecule has 8 heteroatoms. The molecule has 1 aromatic heterocycles. The molecule has 1 N–H and O–H groups in total. The van der Waals surface area contributed by atoms with Crippen molar-refractivity contribution in [3.63, 3.8) is 0 Å². The van der Waals surface area contributed by atoms with Crippen LogP contribution < -0.4 is 14.8 Å². The molecule has 1 unspecified atom stereocenters. The van der Waals surface area contributed by atoms with Crippen molar-refractivity contribution in [1.82, 2.24) is 0 Å². The van der Waals surface area contributed by atoms with Crippen molar-refractivity contribution in [1.29, 1.82) is 5.26 Å². The molecule has 0 saturated carbocycles. The molecule has 1 atom stereocenters. The molecular formula is C23H26F2N2O3S. The van der Waals surface area contributed by atoms with Gasteiger partial charge in [-0.2, -0.15) is 14.0 Å². The summed E-state index contributed by atoms with van der Waals surface area (Å²) < 4.78 is 35.0. The van der Waals surface area contributed by atoms with Crippen LogP contribution >= 0.6 is 11.3 Å². The Bertz CT molecular complexity index is 1010. The molecule has 1 aromatic carbocycles. The molecule has 5 nitrogen and oxygen atoms in total. The fraction of sp³-hybridized carbons (Fsp3) is 0.478. The highest BCUT2D eigenvalue weighted by Crippen LogP contribution is 2.44. The molecule has 0 aliphatic heterocycles. The third-order valence-corrected chi connectivity index (χ3v) is 6.72. The lowest BCUT2D eigenvalue weighted by Crippen LogP contribution is -2.26. The van der Waals surface area contributed by atoms with Gasteiger partial charge in [0.2, 0.25) is 0 Å². The number of hydrogen-bond acceptors (Lipinski definition) is 5. The fourth-order valence-corrected chi connectivity index (χ4v) is 5.09. The van der Waals surface area contributed by atoms with E-state index < -0.39 is 12.5 Å². The number of nitriles is 1.